The number of rotatable bonds is 2. The standard InChI is InChI=1S/C15H13N3/c16-15-12(4-3-8-18-15)10-11-7-9-17-14-6-2-1-5-13(11)14/h1-9H,10H2,(H2,16,18). The van der Waals surface area contributed by atoms with Crippen LogP contribution in [0, 0.1) is 0 Å². The van der Waals surface area contributed by atoms with Crippen LogP contribution in [0.4, 0.5) is 5.82 Å². The zero-order valence-electron chi connectivity index (χ0n) is 9.88. The molecule has 0 saturated carbocycles. The second-order valence-electron chi connectivity index (χ2n) is 4.21. The van der Waals surface area contributed by atoms with E-state index in [0.29, 0.717) is 5.82 Å². The molecule has 88 valence electrons. The Morgan fingerprint density at radius 1 is 0.833 bits per heavy atom. The van der Waals surface area contributed by atoms with E-state index in [1.165, 1.54) is 10.9 Å². The minimum atomic E-state index is 0.596. The lowest BCUT2D eigenvalue weighted by molar-refractivity contribution is 1.16. The van der Waals surface area contributed by atoms with Crippen LogP contribution in [0.5, 0.6) is 0 Å². The lowest BCUT2D eigenvalue weighted by Gasteiger charge is -2.07. The lowest BCUT2D eigenvalue weighted by Crippen LogP contribution is -1.98. The van der Waals surface area contributed by atoms with E-state index in [1.807, 2.05) is 42.6 Å². The molecule has 3 heteroatoms. The van der Waals surface area contributed by atoms with Crippen molar-refractivity contribution in [1.29, 1.82) is 0 Å². The molecule has 0 saturated heterocycles. The van der Waals surface area contributed by atoms with Crippen LogP contribution in [0.15, 0.2) is 54.9 Å². The second kappa shape index (κ2) is 4.45. The van der Waals surface area contributed by atoms with Crippen molar-refractivity contribution in [2.45, 2.75) is 6.42 Å². The first-order chi connectivity index (χ1) is 8.84. The topological polar surface area (TPSA) is 51.8 Å². The normalized spacial score (nSPS) is 10.7. The molecule has 3 nitrogen and oxygen atoms in total. The quantitative estimate of drug-likeness (QED) is 0.743. The number of benzene rings is 1. The summed E-state index contributed by atoms with van der Waals surface area (Å²) in [4.78, 5) is 8.48. The molecular weight excluding hydrogens is 222 g/mol. The lowest BCUT2D eigenvalue weighted by atomic mass is 10.0. The summed E-state index contributed by atoms with van der Waals surface area (Å²) in [5, 5.41) is 1.17. The van der Waals surface area contributed by atoms with Crippen LogP contribution in [0.3, 0.4) is 0 Å². The van der Waals surface area contributed by atoms with E-state index in [9.17, 15) is 0 Å². The molecule has 0 spiro atoms. The van der Waals surface area contributed by atoms with Crippen molar-refractivity contribution in [1.82, 2.24) is 9.97 Å². The molecule has 3 rings (SSSR count). The van der Waals surface area contributed by atoms with Gasteiger partial charge in [-0.3, -0.25) is 4.98 Å². The van der Waals surface area contributed by atoms with Crippen LogP contribution in [-0.2, 0) is 6.42 Å². The molecule has 2 heterocycles. The van der Waals surface area contributed by atoms with Crippen molar-refractivity contribution in [3.8, 4) is 0 Å². The second-order valence-corrected chi connectivity index (χ2v) is 4.21. The van der Waals surface area contributed by atoms with Gasteiger partial charge in [0.2, 0.25) is 0 Å². The largest absolute Gasteiger partial charge is 0.383 e. The van der Waals surface area contributed by atoms with E-state index in [4.69, 9.17) is 5.73 Å². The molecule has 0 unspecified atom stereocenters. The van der Waals surface area contributed by atoms with Crippen LogP contribution in [0.25, 0.3) is 10.9 Å². The fourth-order valence-corrected chi connectivity index (χ4v) is 2.11. The molecule has 0 fully saturated rings. The first kappa shape index (κ1) is 10.7. The summed E-state index contributed by atoms with van der Waals surface area (Å²) in [5.74, 6) is 0.596. The first-order valence-electron chi connectivity index (χ1n) is 5.86. The predicted molar refractivity (Wildman–Crippen MR) is 73.2 cm³/mol. The molecule has 3 aromatic rings. The third-order valence-electron chi connectivity index (χ3n) is 3.05. The zero-order valence-corrected chi connectivity index (χ0v) is 9.88. The maximum atomic E-state index is 5.89. The molecule has 2 N–H and O–H groups in total. The number of aromatic nitrogens is 2. The summed E-state index contributed by atoms with van der Waals surface area (Å²) in [5.41, 5.74) is 9.17. The first-order valence-corrected chi connectivity index (χ1v) is 5.86. The van der Waals surface area contributed by atoms with Gasteiger partial charge < -0.3 is 5.73 Å². The maximum absolute atomic E-state index is 5.89. The summed E-state index contributed by atoms with van der Waals surface area (Å²) in [6.07, 6.45) is 4.33. The third-order valence-corrected chi connectivity index (χ3v) is 3.05. The smallest absolute Gasteiger partial charge is 0.126 e. The molecule has 0 amide bonds. The van der Waals surface area contributed by atoms with Gasteiger partial charge in [-0.2, -0.15) is 0 Å². The van der Waals surface area contributed by atoms with E-state index >= 15 is 0 Å². The summed E-state index contributed by atoms with van der Waals surface area (Å²) >= 11 is 0. The molecule has 0 radical (unpaired) electrons. The van der Waals surface area contributed by atoms with E-state index in [2.05, 4.69) is 16.0 Å². The molecule has 0 atom stereocenters. The van der Waals surface area contributed by atoms with Gasteiger partial charge in [0, 0.05) is 24.2 Å². The minimum Gasteiger partial charge on any atom is -0.383 e. The Balaban J connectivity index is 2.08. The molecule has 1 aromatic carbocycles. The molecule has 0 aliphatic rings. The number of fused-ring (bicyclic) bond motifs is 1. The number of para-hydroxylation sites is 1. The van der Waals surface area contributed by atoms with Gasteiger partial charge >= 0.3 is 0 Å². The maximum Gasteiger partial charge on any atom is 0.126 e. The fraction of sp³-hybridized carbons (Fsp3) is 0.0667. The van der Waals surface area contributed by atoms with Gasteiger partial charge in [0.15, 0.2) is 0 Å². The van der Waals surface area contributed by atoms with Gasteiger partial charge in [0.25, 0.3) is 0 Å². The van der Waals surface area contributed by atoms with E-state index in [-0.39, 0.29) is 0 Å². The Hall–Kier alpha value is -2.42. The van der Waals surface area contributed by atoms with Gasteiger partial charge in [0.05, 0.1) is 5.52 Å². The van der Waals surface area contributed by atoms with Crippen molar-refractivity contribution < 1.29 is 0 Å². The number of hydrogen-bond acceptors (Lipinski definition) is 3. The predicted octanol–water partition coefficient (Wildman–Crippen LogP) is 2.80. The minimum absolute atomic E-state index is 0.596. The Labute approximate surface area is 105 Å². The van der Waals surface area contributed by atoms with Crippen molar-refractivity contribution in [3.63, 3.8) is 0 Å². The Morgan fingerprint density at radius 3 is 2.61 bits per heavy atom. The number of nitrogens with zero attached hydrogens (tertiary/aromatic N) is 2. The van der Waals surface area contributed by atoms with Gasteiger partial charge in [-0.05, 0) is 29.3 Å². The average Bonchev–Trinajstić information content (AvgIpc) is 2.42. The molecule has 0 aliphatic heterocycles. The summed E-state index contributed by atoms with van der Waals surface area (Å²) in [6, 6.07) is 14.1. The zero-order chi connectivity index (χ0) is 12.4. The highest BCUT2D eigenvalue weighted by atomic mass is 14.8. The molecule has 18 heavy (non-hydrogen) atoms. The molecular formula is C15H13N3. The monoisotopic (exact) mass is 235 g/mol. The van der Waals surface area contributed by atoms with Gasteiger partial charge in [-0.15, -0.1) is 0 Å². The van der Waals surface area contributed by atoms with Gasteiger partial charge in [-0.1, -0.05) is 24.3 Å². The highest BCUT2D eigenvalue weighted by Crippen LogP contribution is 2.21. The third kappa shape index (κ3) is 1.91. The van der Waals surface area contributed by atoms with E-state index < -0.39 is 0 Å². The van der Waals surface area contributed by atoms with Gasteiger partial charge in [-0.25, -0.2) is 4.98 Å². The Morgan fingerprint density at radius 2 is 1.72 bits per heavy atom. The number of nitrogens with two attached hydrogens (primary N) is 1. The van der Waals surface area contributed by atoms with Gasteiger partial charge in [0.1, 0.15) is 5.82 Å². The molecule has 0 aliphatic carbocycles. The van der Waals surface area contributed by atoms with Crippen molar-refractivity contribution >= 4 is 16.7 Å². The average molecular weight is 235 g/mol. The number of hydrogen-bond donors (Lipinski definition) is 1. The van der Waals surface area contributed by atoms with Crippen LogP contribution in [0.2, 0.25) is 0 Å². The van der Waals surface area contributed by atoms with Crippen LogP contribution in [0.1, 0.15) is 11.1 Å². The fourth-order valence-electron chi connectivity index (χ4n) is 2.11. The highest BCUT2D eigenvalue weighted by molar-refractivity contribution is 5.82. The SMILES string of the molecule is Nc1ncccc1Cc1ccnc2ccccc12. The number of anilines is 1. The summed E-state index contributed by atoms with van der Waals surface area (Å²) < 4.78 is 0. The molecule has 2 aromatic heterocycles. The number of pyridine rings is 2. The van der Waals surface area contributed by atoms with E-state index in [1.54, 1.807) is 6.20 Å². The highest BCUT2D eigenvalue weighted by Gasteiger charge is 2.05. The van der Waals surface area contributed by atoms with Crippen molar-refractivity contribution in [3.05, 3.63) is 66.0 Å². The Bertz CT molecular complexity index is 687. The van der Waals surface area contributed by atoms with Crippen LogP contribution >= 0.6 is 0 Å². The van der Waals surface area contributed by atoms with Crippen molar-refractivity contribution in [2.75, 3.05) is 5.73 Å². The van der Waals surface area contributed by atoms with Crippen molar-refractivity contribution in [2.24, 2.45) is 0 Å². The summed E-state index contributed by atoms with van der Waals surface area (Å²) in [6.45, 7) is 0. The summed E-state index contributed by atoms with van der Waals surface area (Å²) in [7, 11) is 0. The molecule has 0 bridgehead atoms. The van der Waals surface area contributed by atoms with Crippen LogP contribution < -0.4 is 5.73 Å². The number of nitrogen functional groups attached to an aromatic ring is 1. The van der Waals surface area contributed by atoms with E-state index in [0.717, 1.165) is 17.5 Å². The Kier molecular flexibility index (Phi) is 2.65. The van der Waals surface area contributed by atoms with Crippen LogP contribution in [-0.4, -0.2) is 9.97 Å².